The maximum atomic E-state index is 13.3. The molecule has 4 rings (SSSR count). The van der Waals surface area contributed by atoms with E-state index in [1.807, 2.05) is 6.07 Å². The Balaban J connectivity index is 1.70. The number of hydrogen-bond donors (Lipinski definition) is 1. The fourth-order valence-electron chi connectivity index (χ4n) is 4.78. The van der Waals surface area contributed by atoms with E-state index in [4.69, 9.17) is 0 Å². The average Bonchev–Trinajstić information content (AvgIpc) is 2.49. The summed E-state index contributed by atoms with van der Waals surface area (Å²) in [6.07, 6.45) is 8.66. The molecule has 1 heterocycles. The van der Waals surface area contributed by atoms with Crippen LogP contribution in [0.2, 0.25) is 0 Å². The third-order valence-electron chi connectivity index (χ3n) is 6.30. The van der Waals surface area contributed by atoms with E-state index in [0.717, 1.165) is 43.8 Å². The molecule has 2 heteroatoms. The van der Waals surface area contributed by atoms with Crippen LogP contribution in [0.4, 0.5) is 0 Å². The van der Waals surface area contributed by atoms with Crippen molar-refractivity contribution in [3.63, 3.8) is 0 Å². The Labute approximate surface area is 127 Å². The fraction of sp³-hybridized carbons (Fsp3) is 0.632. The molecule has 2 aliphatic carbocycles. The second-order valence-corrected chi connectivity index (χ2v) is 7.33. The number of fused-ring (bicyclic) bond motifs is 1. The molecule has 3 aliphatic rings. The molecule has 1 unspecified atom stereocenters. The molecule has 1 spiro atoms. The summed E-state index contributed by atoms with van der Waals surface area (Å²) in [5.74, 6) is 1.92. The molecule has 0 aromatic heterocycles. The first-order valence-electron chi connectivity index (χ1n) is 8.63. The minimum atomic E-state index is -0.0603. The monoisotopic (exact) mass is 283 g/mol. The third-order valence-corrected chi connectivity index (χ3v) is 6.30. The molecule has 1 saturated carbocycles. The van der Waals surface area contributed by atoms with Gasteiger partial charge in [0.25, 0.3) is 0 Å². The van der Waals surface area contributed by atoms with Crippen molar-refractivity contribution in [1.82, 2.24) is 5.32 Å². The number of carbonyl (C=O) groups is 1. The predicted molar refractivity (Wildman–Crippen MR) is 84.5 cm³/mol. The maximum absolute atomic E-state index is 13.3. The highest BCUT2D eigenvalue weighted by molar-refractivity contribution is 6.03. The number of ketones is 1. The van der Waals surface area contributed by atoms with Gasteiger partial charge in [0.05, 0.1) is 0 Å². The van der Waals surface area contributed by atoms with Gasteiger partial charge in [-0.3, -0.25) is 4.79 Å². The molecule has 1 aliphatic heterocycles. The van der Waals surface area contributed by atoms with Crippen molar-refractivity contribution in [3.05, 3.63) is 35.4 Å². The van der Waals surface area contributed by atoms with Gasteiger partial charge in [-0.15, -0.1) is 0 Å². The SMILES string of the molecule is O=C1c2ccccc2CC(CC2CCC2)C12CCNCC2. The number of rotatable bonds is 2. The van der Waals surface area contributed by atoms with E-state index in [9.17, 15) is 4.79 Å². The molecule has 1 saturated heterocycles. The van der Waals surface area contributed by atoms with Crippen LogP contribution in [0.15, 0.2) is 24.3 Å². The van der Waals surface area contributed by atoms with Gasteiger partial charge in [0.15, 0.2) is 5.78 Å². The lowest BCUT2D eigenvalue weighted by Gasteiger charge is -2.48. The summed E-state index contributed by atoms with van der Waals surface area (Å²) in [6.45, 7) is 2.02. The third kappa shape index (κ3) is 2.15. The molecule has 0 radical (unpaired) electrons. The Kier molecular flexibility index (Phi) is 3.37. The van der Waals surface area contributed by atoms with Crippen molar-refractivity contribution in [3.8, 4) is 0 Å². The first-order chi connectivity index (χ1) is 10.3. The number of carbonyl (C=O) groups excluding carboxylic acids is 1. The van der Waals surface area contributed by atoms with Gasteiger partial charge in [0.1, 0.15) is 0 Å². The number of piperidine rings is 1. The maximum Gasteiger partial charge on any atom is 0.169 e. The lowest BCUT2D eigenvalue weighted by molar-refractivity contribution is 0.0418. The summed E-state index contributed by atoms with van der Waals surface area (Å²) in [7, 11) is 0. The first kappa shape index (κ1) is 13.5. The van der Waals surface area contributed by atoms with E-state index in [-0.39, 0.29) is 5.41 Å². The van der Waals surface area contributed by atoms with Crippen LogP contribution in [0, 0.1) is 17.3 Å². The fourth-order valence-corrected chi connectivity index (χ4v) is 4.78. The minimum absolute atomic E-state index is 0.0603. The Morgan fingerprint density at radius 2 is 1.90 bits per heavy atom. The van der Waals surface area contributed by atoms with Gasteiger partial charge in [-0.25, -0.2) is 0 Å². The van der Waals surface area contributed by atoms with Crippen LogP contribution in [0.25, 0.3) is 0 Å². The second kappa shape index (κ2) is 5.24. The molecule has 2 fully saturated rings. The lowest BCUT2D eigenvalue weighted by Crippen LogP contribution is -2.50. The van der Waals surface area contributed by atoms with Crippen LogP contribution in [-0.2, 0) is 6.42 Å². The quantitative estimate of drug-likeness (QED) is 0.898. The van der Waals surface area contributed by atoms with E-state index in [2.05, 4.69) is 23.5 Å². The van der Waals surface area contributed by atoms with Gasteiger partial charge in [-0.05, 0) is 56.2 Å². The Morgan fingerprint density at radius 1 is 1.14 bits per heavy atom. The van der Waals surface area contributed by atoms with Crippen molar-refractivity contribution >= 4 is 5.78 Å². The van der Waals surface area contributed by atoms with Crippen LogP contribution in [0.5, 0.6) is 0 Å². The molecule has 1 aromatic carbocycles. The van der Waals surface area contributed by atoms with Crippen molar-refractivity contribution in [2.75, 3.05) is 13.1 Å². The summed E-state index contributed by atoms with van der Waals surface area (Å²) in [6, 6.07) is 8.35. The number of benzene rings is 1. The van der Waals surface area contributed by atoms with Crippen LogP contribution in [0.3, 0.4) is 0 Å². The molecule has 1 atom stereocenters. The summed E-state index contributed by atoms with van der Waals surface area (Å²) in [5.41, 5.74) is 2.26. The normalized spacial score (nSPS) is 28.2. The Bertz CT molecular complexity index is 540. The van der Waals surface area contributed by atoms with Gasteiger partial charge < -0.3 is 5.32 Å². The zero-order valence-electron chi connectivity index (χ0n) is 12.7. The number of hydrogen-bond acceptors (Lipinski definition) is 2. The van der Waals surface area contributed by atoms with Crippen molar-refractivity contribution in [2.45, 2.75) is 44.9 Å². The molecule has 112 valence electrons. The van der Waals surface area contributed by atoms with Gasteiger partial charge in [0, 0.05) is 11.0 Å². The highest BCUT2D eigenvalue weighted by atomic mass is 16.1. The van der Waals surface area contributed by atoms with Gasteiger partial charge in [-0.1, -0.05) is 43.5 Å². The predicted octanol–water partition coefficient (Wildman–Crippen LogP) is 3.60. The Hall–Kier alpha value is -1.15. The van der Waals surface area contributed by atoms with Crippen LogP contribution in [0.1, 0.15) is 54.4 Å². The first-order valence-corrected chi connectivity index (χ1v) is 8.63. The molecular formula is C19H25NO. The van der Waals surface area contributed by atoms with Crippen molar-refractivity contribution in [2.24, 2.45) is 17.3 Å². The van der Waals surface area contributed by atoms with Crippen molar-refractivity contribution in [1.29, 1.82) is 0 Å². The number of Topliss-reactive ketones (excluding diaryl/α,β-unsaturated/α-hetero) is 1. The second-order valence-electron chi connectivity index (χ2n) is 7.33. The highest BCUT2D eigenvalue weighted by Crippen LogP contribution is 2.50. The highest BCUT2D eigenvalue weighted by Gasteiger charge is 2.50. The van der Waals surface area contributed by atoms with Crippen LogP contribution in [-0.4, -0.2) is 18.9 Å². The van der Waals surface area contributed by atoms with Gasteiger partial charge in [-0.2, -0.15) is 0 Å². The number of nitrogens with one attached hydrogen (secondary N) is 1. The van der Waals surface area contributed by atoms with Crippen molar-refractivity contribution < 1.29 is 4.79 Å². The van der Waals surface area contributed by atoms with E-state index in [0.29, 0.717) is 11.7 Å². The van der Waals surface area contributed by atoms with E-state index in [1.54, 1.807) is 0 Å². The zero-order valence-corrected chi connectivity index (χ0v) is 12.7. The molecular weight excluding hydrogens is 258 g/mol. The molecule has 2 nitrogen and oxygen atoms in total. The molecule has 1 N–H and O–H groups in total. The van der Waals surface area contributed by atoms with E-state index >= 15 is 0 Å². The summed E-state index contributed by atoms with van der Waals surface area (Å²) in [4.78, 5) is 13.3. The zero-order chi connectivity index (χ0) is 14.3. The van der Waals surface area contributed by atoms with Gasteiger partial charge in [0.2, 0.25) is 0 Å². The van der Waals surface area contributed by atoms with Crippen LogP contribution >= 0.6 is 0 Å². The molecule has 0 bridgehead atoms. The summed E-state index contributed by atoms with van der Waals surface area (Å²) in [5, 5.41) is 3.45. The molecule has 0 amide bonds. The van der Waals surface area contributed by atoms with E-state index in [1.165, 1.54) is 31.2 Å². The topological polar surface area (TPSA) is 29.1 Å². The smallest absolute Gasteiger partial charge is 0.169 e. The summed E-state index contributed by atoms with van der Waals surface area (Å²) < 4.78 is 0. The lowest BCUT2D eigenvalue weighted by atomic mass is 9.56. The Morgan fingerprint density at radius 3 is 2.62 bits per heavy atom. The minimum Gasteiger partial charge on any atom is -0.317 e. The largest absolute Gasteiger partial charge is 0.317 e. The average molecular weight is 283 g/mol. The standard InChI is InChI=1S/C19H25NO/c21-18-17-7-2-1-6-15(17)13-16(12-14-4-3-5-14)19(18)8-10-20-11-9-19/h1-2,6-7,14,16,20H,3-5,8-13H2. The van der Waals surface area contributed by atoms with E-state index < -0.39 is 0 Å². The van der Waals surface area contributed by atoms with Gasteiger partial charge >= 0.3 is 0 Å². The molecule has 1 aromatic rings. The summed E-state index contributed by atoms with van der Waals surface area (Å²) >= 11 is 0. The molecule has 21 heavy (non-hydrogen) atoms. The van der Waals surface area contributed by atoms with Crippen LogP contribution < -0.4 is 5.32 Å².